The van der Waals surface area contributed by atoms with Gasteiger partial charge in [0, 0.05) is 42.7 Å². The molecule has 1 fully saturated rings. The molecule has 1 aliphatic rings. The molecule has 0 bridgehead atoms. The molecular weight excluding hydrogens is 400 g/mol. The highest BCUT2D eigenvalue weighted by molar-refractivity contribution is 5.91. The molecule has 1 aliphatic heterocycles. The number of amides is 1. The van der Waals surface area contributed by atoms with Gasteiger partial charge in [-0.15, -0.1) is 0 Å². The van der Waals surface area contributed by atoms with Crippen molar-refractivity contribution >= 4 is 16.8 Å². The summed E-state index contributed by atoms with van der Waals surface area (Å²) in [5.74, 6) is -0.673. The smallest absolute Gasteiger partial charge is 0.220 e. The van der Waals surface area contributed by atoms with E-state index in [9.17, 15) is 13.6 Å². The van der Waals surface area contributed by atoms with Crippen LogP contribution in [0.25, 0.3) is 22.2 Å². The average molecular weight is 427 g/mol. The molecule has 1 aromatic heterocycles. The van der Waals surface area contributed by atoms with E-state index in [1.165, 1.54) is 24.3 Å². The van der Waals surface area contributed by atoms with Crippen molar-refractivity contribution in [1.82, 2.24) is 15.2 Å². The number of fused-ring (bicyclic) bond motifs is 1. The molecule has 4 rings (SSSR count). The minimum Gasteiger partial charge on any atom is -0.379 e. The summed E-state index contributed by atoms with van der Waals surface area (Å²) in [5, 5.41) is 3.73. The molecule has 31 heavy (non-hydrogen) atoms. The van der Waals surface area contributed by atoms with Crippen LogP contribution in [0, 0.1) is 11.6 Å². The van der Waals surface area contributed by atoms with Crippen molar-refractivity contribution in [3.63, 3.8) is 0 Å². The molecule has 1 amide bonds. The van der Waals surface area contributed by atoms with Gasteiger partial charge in [0.2, 0.25) is 5.91 Å². The van der Waals surface area contributed by atoms with Crippen LogP contribution < -0.4 is 5.32 Å². The number of nitrogens with one attached hydrogen (secondary N) is 2. The molecule has 3 aromatic rings. The van der Waals surface area contributed by atoms with Gasteiger partial charge >= 0.3 is 0 Å². The van der Waals surface area contributed by atoms with Crippen molar-refractivity contribution in [2.75, 3.05) is 39.4 Å². The van der Waals surface area contributed by atoms with Gasteiger partial charge in [0.15, 0.2) is 0 Å². The lowest BCUT2D eigenvalue weighted by atomic mass is 10.0. The minimum atomic E-state index is -0.328. The third kappa shape index (κ3) is 5.48. The van der Waals surface area contributed by atoms with Crippen LogP contribution in [0.2, 0.25) is 0 Å². The van der Waals surface area contributed by atoms with E-state index >= 15 is 0 Å². The number of hydrogen-bond donors (Lipinski definition) is 2. The number of H-pyrrole nitrogens is 1. The number of aryl methyl sites for hydroxylation is 1. The fraction of sp³-hybridized carbons (Fsp3) is 0.375. The molecule has 2 heterocycles. The van der Waals surface area contributed by atoms with Crippen LogP contribution in [-0.4, -0.2) is 55.2 Å². The molecule has 164 valence electrons. The first-order chi connectivity index (χ1) is 15.1. The molecule has 0 saturated carbocycles. The Kier molecular flexibility index (Phi) is 6.94. The second-order valence-corrected chi connectivity index (χ2v) is 7.83. The third-order valence-corrected chi connectivity index (χ3v) is 5.68. The zero-order chi connectivity index (χ0) is 21.6. The topological polar surface area (TPSA) is 57.4 Å². The van der Waals surface area contributed by atoms with E-state index < -0.39 is 0 Å². The molecule has 2 N–H and O–H groups in total. The van der Waals surface area contributed by atoms with E-state index in [4.69, 9.17) is 4.74 Å². The van der Waals surface area contributed by atoms with Crippen LogP contribution in [0.3, 0.4) is 0 Å². The van der Waals surface area contributed by atoms with Crippen LogP contribution in [0.4, 0.5) is 8.78 Å². The largest absolute Gasteiger partial charge is 0.379 e. The maximum atomic E-state index is 13.9. The maximum absolute atomic E-state index is 13.9. The van der Waals surface area contributed by atoms with Gasteiger partial charge in [-0.05, 0) is 73.0 Å². The summed E-state index contributed by atoms with van der Waals surface area (Å²) in [6.45, 7) is 5.00. The van der Waals surface area contributed by atoms with Crippen LogP contribution >= 0.6 is 0 Å². The highest BCUT2D eigenvalue weighted by Crippen LogP contribution is 2.32. The quantitative estimate of drug-likeness (QED) is 0.537. The van der Waals surface area contributed by atoms with Crippen molar-refractivity contribution < 1.29 is 18.3 Å². The Balaban J connectivity index is 1.39. The van der Waals surface area contributed by atoms with E-state index in [-0.39, 0.29) is 17.5 Å². The Morgan fingerprint density at radius 2 is 1.81 bits per heavy atom. The molecule has 5 nitrogen and oxygen atoms in total. The lowest BCUT2D eigenvalue weighted by molar-refractivity contribution is -0.121. The number of ether oxygens (including phenoxy) is 1. The summed E-state index contributed by atoms with van der Waals surface area (Å²) in [4.78, 5) is 18.0. The van der Waals surface area contributed by atoms with Crippen molar-refractivity contribution in [2.24, 2.45) is 0 Å². The monoisotopic (exact) mass is 427 g/mol. The standard InChI is InChI=1S/C24H27F2N3O2/c25-18-4-2-17(3-5-18)24-20(21-16-19(26)6-8-22(21)28-24)7-9-23(30)27-10-1-11-29-12-14-31-15-13-29/h2-6,8,16,28H,1,7,9-15H2,(H,27,30). The summed E-state index contributed by atoms with van der Waals surface area (Å²) < 4.78 is 32.6. The zero-order valence-corrected chi connectivity index (χ0v) is 17.4. The van der Waals surface area contributed by atoms with Crippen LogP contribution in [-0.2, 0) is 16.0 Å². The van der Waals surface area contributed by atoms with Crippen LogP contribution in [0.15, 0.2) is 42.5 Å². The van der Waals surface area contributed by atoms with E-state index in [0.717, 1.165) is 67.0 Å². The second kappa shape index (κ2) is 10.0. The number of nitrogens with zero attached hydrogens (tertiary/aromatic N) is 1. The van der Waals surface area contributed by atoms with E-state index in [2.05, 4.69) is 15.2 Å². The van der Waals surface area contributed by atoms with Gasteiger partial charge in [-0.25, -0.2) is 8.78 Å². The minimum absolute atomic E-state index is 0.0298. The van der Waals surface area contributed by atoms with Crippen LogP contribution in [0.1, 0.15) is 18.4 Å². The Labute approximate surface area is 180 Å². The predicted molar refractivity (Wildman–Crippen MR) is 117 cm³/mol. The van der Waals surface area contributed by atoms with E-state index in [1.54, 1.807) is 18.2 Å². The van der Waals surface area contributed by atoms with Gasteiger partial charge in [0.25, 0.3) is 0 Å². The first-order valence-corrected chi connectivity index (χ1v) is 10.7. The lowest BCUT2D eigenvalue weighted by Crippen LogP contribution is -2.38. The fourth-order valence-electron chi connectivity index (χ4n) is 4.02. The van der Waals surface area contributed by atoms with Crippen molar-refractivity contribution in [2.45, 2.75) is 19.3 Å². The first-order valence-electron chi connectivity index (χ1n) is 10.7. The Hall–Kier alpha value is -2.77. The molecular formula is C24H27F2N3O2. The van der Waals surface area contributed by atoms with Gasteiger partial charge in [-0.3, -0.25) is 9.69 Å². The van der Waals surface area contributed by atoms with Gasteiger partial charge in [-0.2, -0.15) is 0 Å². The lowest BCUT2D eigenvalue weighted by Gasteiger charge is -2.26. The number of aromatic amines is 1. The second-order valence-electron chi connectivity index (χ2n) is 7.83. The maximum Gasteiger partial charge on any atom is 0.220 e. The van der Waals surface area contributed by atoms with Gasteiger partial charge in [0.1, 0.15) is 11.6 Å². The summed E-state index contributed by atoms with van der Waals surface area (Å²) >= 11 is 0. The molecule has 7 heteroatoms. The SMILES string of the molecule is O=C(CCc1c(-c2ccc(F)cc2)[nH]c2ccc(F)cc12)NCCCN1CCOCC1. The highest BCUT2D eigenvalue weighted by Gasteiger charge is 2.16. The molecule has 1 saturated heterocycles. The molecule has 0 radical (unpaired) electrons. The Morgan fingerprint density at radius 1 is 1.06 bits per heavy atom. The number of carbonyl (C=O) groups is 1. The first kappa shape index (κ1) is 21.5. The summed E-state index contributed by atoms with van der Waals surface area (Å²) in [6, 6.07) is 10.7. The van der Waals surface area contributed by atoms with Gasteiger partial charge in [-0.1, -0.05) is 0 Å². The summed E-state index contributed by atoms with van der Waals surface area (Å²) in [5.41, 5.74) is 3.26. The predicted octanol–water partition coefficient (Wildman–Crippen LogP) is 3.88. The van der Waals surface area contributed by atoms with Crippen molar-refractivity contribution in [1.29, 1.82) is 0 Å². The highest BCUT2D eigenvalue weighted by atomic mass is 19.1. The number of halogens is 2. The van der Waals surface area contributed by atoms with Gasteiger partial charge in [0.05, 0.1) is 13.2 Å². The van der Waals surface area contributed by atoms with E-state index in [1.807, 2.05) is 0 Å². The number of rotatable bonds is 8. The summed E-state index contributed by atoms with van der Waals surface area (Å²) in [7, 11) is 0. The number of morpholine rings is 1. The molecule has 0 unspecified atom stereocenters. The number of carbonyl (C=O) groups excluding carboxylic acids is 1. The fourth-order valence-corrected chi connectivity index (χ4v) is 4.02. The molecule has 0 atom stereocenters. The molecule has 2 aromatic carbocycles. The van der Waals surface area contributed by atoms with Gasteiger partial charge < -0.3 is 15.0 Å². The average Bonchev–Trinajstić information content (AvgIpc) is 3.14. The number of aromatic nitrogens is 1. The van der Waals surface area contributed by atoms with E-state index in [0.29, 0.717) is 19.4 Å². The van der Waals surface area contributed by atoms with Crippen molar-refractivity contribution in [3.05, 3.63) is 59.7 Å². The molecule has 0 aliphatic carbocycles. The molecule has 0 spiro atoms. The van der Waals surface area contributed by atoms with Crippen LogP contribution in [0.5, 0.6) is 0 Å². The Morgan fingerprint density at radius 3 is 2.58 bits per heavy atom. The van der Waals surface area contributed by atoms with Crippen molar-refractivity contribution in [3.8, 4) is 11.3 Å². The number of hydrogen-bond acceptors (Lipinski definition) is 3. The zero-order valence-electron chi connectivity index (χ0n) is 17.4. The number of benzene rings is 2. The third-order valence-electron chi connectivity index (χ3n) is 5.68. The Bertz CT molecular complexity index is 1030. The summed E-state index contributed by atoms with van der Waals surface area (Å²) in [6.07, 6.45) is 1.66. The normalized spacial score (nSPS) is 14.8.